The smallest absolute Gasteiger partial charge is 0.252 e. The van der Waals surface area contributed by atoms with E-state index in [-0.39, 0.29) is 50.0 Å². The summed E-state index contributed by atoms with van der Waals surface area (Å²) in [6.07, 6.45) is 0. The van der Waals surface area contributed by atoms with Gasteiger partial charge in [0.05, 0.1) is 61.2 Å². The standard InChI is InChI=1S/C128H123BN6O/c1-121(2,3)80-41-53-104-94(64-80)95-65-81(122(4,5)6)42-54-105(95)130(104)88-49-51-102-114(72-88)133(90-62-78(76-33-27-25-28-34-76)61-79(63-90)77-35-29-26-30-36-77)116-74-91(132-108-57-45-84(125(13,14)15)68-98(108)99-69-85(126(16,17)18)46-58-109(99)132)75-117-118(116)129(102)103-52-50-89(131-106-55-43-82(123(7,8)9)66-96(106)97-67-83(124(10,11)12)44-56-107(97)131)73-115(103)135(117)113-40-32-38-93-92-37-31-39-112(119(92)136-120(93)113)134-110-59-47-86(127(19,20)21)70-100(110)101-71-87(128(22,23)24)48-60-111(101)134/h25-75H,1-24H3. The Bertz CT molecular complexity index is 8270. The molecule has 7 heterocycles. The van der Waals surface area contributed by atoms with E-state index < -0.39 is 0 Å². The van der Waals surface area contributed by atoms with Crippen LogP contribution in [0.3, 0.4) is 0 Å². The van der Waals surface area contributed by atoms with Gasteiger partial charge < -0.3 is 32.5 Å². The summed E-state index contributed by atoms with van der Waals surface area (Å²) < 4.78 is 18.4. The van der Waals surface area contributed by atoms with E-state index >= 15 is 0 Å². The van der Waals surface area contributed by atoms with Crippen LogP contribution in [0.1, 0.15) is 211 Å². The Morgan fingerprint density at radius 3 is 0.772 bits per heavy atom. The number of hydrogen-bond acceptors (Lipinski definition) is 3. The van der Waals surface area contributed by atoms with Gasteiger partial charge in [0.1, 0.15) is 0 Å². The first-order valence-corrected chi connectivity index (χ1v) is 49.1. The summed E-state index contributed by atoms with van der Waals surface area (Å²) in [5.41, 5.74) is 38.9. The molecule has 2 aliphatic heterocycles. The van der Waals surface area contributed by atoms with Crippen molar-refractivity contribution < 1.29 is 4.42 Å². The first-order valence-electron chi connectivity index (χ1n) is 49.1. The third kappa shape index (κ3) is 13.8. The predicted molar refractivity (Wildman–Crippen MR) is 586 cm³/mol. The molecule has 0 radical (unpaired) electrons. The summed E-state index contributed by atoms with van der Waals surface area (Å²) in [5.74, 6) is 0. The minimum atomic E-state index is -0.342. The van der Waals surface area contributed by atoms with Gasteiger partial charge in [0.2, 0.25) is 0 Å². The zero-order valence-electron chi connectivity index (χ0n) is 83.6. The van der Waals surface area contributed by atoms with E-state index in [9.17, 15) is 0 Å². The summed E-state index contributed by atoms with van der Waals surface area (Å²) in [5, 5.41) is 12.0. The fourth-order valence-electron chi connectivity index (χ4n) is 22.3. The number of hydrogen-bond donors (Lipinski definition) is 0. The van der Waals surface area contributed by atoms with Crippen molar-refractivity contribution in [2.24, 2.45) is 0 Å². The van der Waals surface area contributed by atoms with Crippen molar-refractivity contribution in [3.05, 3.63) is 354 Å². The first kappa shape index (κ1) is 86.3. The van der Waals surface area contributed by atoms with Gasteiger partial charge in [0.15, 0.2) is 11.2 Å². The molecule has 16 aromatic carbocycles. The lowest BCUT2D eigenvalue weighted by molar-refractivity contribution is 0.590. The van der Waals surface area contributed by atoms with Gasteiger partial charge in [0, 0.05) is 93.7 Å². The van der Waals surface area contributed by atoms with Crippen LogP contribution in [0, 0.1) is 0 Å². The molecular formula is C128H123BN6O. The Morgan fingerprint density at radius 1 is 0.184 bits per heavy atom. The first-order chi connectivity index (χ1) is 64.5. The van der Waals surface area contributed by atoms with Gasteiger partial charge in [0.25, 0.3) is 6.71 Å². The molecule has 7 nitrogen and oxygen atoms in total. The number of rotatable bonds is 8. The van der Waals surface area contributed by atoms with Crippen LogP contribution in [-0.2, 0) is 43.3 Å². The molecule has 136 heavy (non-hydrogen) atoms. The molecule has 5 aromatic heterocycles. The van der Waals surface area contributed by atoms with Crippen molar-refractivity contribution in [3.63, 3.8) is 0 Å². The molecule has 0 saturated carbocycles. The summed E-state index contributed by atoms with van der Waals surface area (Å²) in [4.78, 5) is 5.34. The molecule has 0 atom stereocenters. The maximum atomic E-state index is 8.19. The van der Waals surface area contributed by atoms with Crippen molar-refractivity contribution >= 4 is 166 Å². The highest BCUT2D eigenvalue weighted by atomic mass is 16.3. The largest absolute Gasteiger partial charge is 0.452 e. The van der Waals surface area contributed by atoms with Crippen molar-refractivity contribution in [2.45, 2.75) is 209 Å². The van der Waals surface area contributed by atoms with E-state index in [4.69, 9.17) is 4.42 Å². The van der Waals surface area contributed by atoms with Crippen LogP contribution in [-0.4, -0.2) is 25.0 Å². The van der Waals surface area contributed by atoms with Crippen molar-refractivity contribution in [3.8, 4) is 45.0 Å². The zero-order chi connectivity index (χ0) is 94.8. The van der Waals surface area contributed by atoms with Crippen molar-refractivity contribution in [1.82, 2.24) is 18.3 Å². The van der Waals surface area contributed by atoms with Gasteiger partial charge >= 0.3 is 0 Å². The maximum absolute atomic E-state index is 8.19. The molecule has 23 rings (SSSR count). The SMILES string of the molecule is CC(C)(C)c1ccc2c(c1)c1cc(C(C)(C)C)ccc1n2-c1ccc2c(c1)N(c1cc(-c3ccccc3)cc(-c3ccccc3)c1)c1cc(-n3c4ccc(C(C)(C)C)cc4c4cc(C(C)(C)C)ccc43)cc3c1B2c1ccc(-n2c4ccc(C(C)(C)C)cc4c4cc(C(C)(C)C)ccc42)cc1N3c1cccc2c1oc1c(-n3c4ccc(C(C)(C)C)cc4c4cc(C(C)(C)C)ccc43)cccc12. The van der Waals surface area contributed by atoms with Gasteiger partial charge in [-0.25, -0.2) is 0 Å². The van der Waals surface area contributed by atoms with E-state index in [2.05, 4.69) is 504 Å². The Kier molecular flexibility index (Phi) is 18.9. The van der Waals surface area contributed by atoms with Crippen LogP contribution in [0.2, 0.25) is 0 Å². The third-order valence-electron chi connectivity index (χ3n) is 30.1. The molecule has 2 aliphatic rings. The molecule has 674 valence electrons. The van der Waals surface area contributed by atoms with Crippen LogP contribution in [0.5, 0.6) is 0 Å². The highest BCUT2D eigenvalue weighted by molar-refractivity contribution is 7.00. The molecule has 21 aromatic rings. The lowest BCUT2D eigenvalue weighted by Crippen LogP contribution is -2.61. The van der Waals surface area contributed by atoms with E-state index in [1.807, 2.05) is 0 Å². The van der Waals surface area contributed by atoms with E-state index in [0.29, 0.717) is 0 Å². The zero-order valence-corrected chi connectivity index (χ0v) is 83.6. The van der Waals surface area contributed by atoms with Gasteiger partial charge in [-0.05, 0) is 290 Å². The van der Waals surface area contributed by atoms with E-state index in [1.165, 1.54) is 115 Å². The average molecular weight is 1770 g/mol. The number of fused-ring (bicyclic) bond motifs is 19. The second-order valence-corrected chi connectivity index (χ2v) is 47.6. The normalized spacial score (nSPS) is 13.7. The maximum Gasteiger partial charge on any atom is 0.252 e. The van der Waals surface area contributed by atoms with Crippen molar-refractivity contribution in [1.29, 1.82) is 0 Å². The molecule has 0 amide bonds. The highest BCUT2D eigenvalue weighted by Gasteiger charge is 2.46. The summed E-state index contributed by atoms with van der Waals surface area (Å²) >= 11 is 0. The Hall–Kier alpha value is -13.8. The quantitative estimate of drug-likeness (QED) is 0.142. The van der Waals surface area contributed by atoms with Gasteiger partial charge in [-0.2, -0.15) is 0 Å². The minimum Gasteiger partial charge on any atom is -0.452 e. The second-order valence-electron chi connectivity index (χ2n) is 47.6. The summed E-state index contributed by atoms with van der Waals surface area (Å²) in [6, 6.07) is 121. The third-order valence-corrected chi connectivity index (χ3v) is 30.1. The lowest BCUT2D eigenvalue weighted by atomic mass is 9.33. The van der Waals surface area contributed by atoms with E-state index in [0.717, 1.165) is 134 Å². The second kappa shape index (κ2) is 29.8. The van der Waals surface area contributed by atoms with Gasteiger partial charge in [-0.15, -0.1) is 0 Å². The highest BCUT2D eigenvalue weighted by Crippen LogP contribution is 2.54. The molecular weight excluding hydrogens is 1650 g/mol. The summed E-state index contributed by atoms with van der Waals surface area (Å²) in [7, 11) is 0. The van der Waals surface area contributed by atoms with Gasteiger partial charge in [-0.3, -0.25) is 0 Å². The molecule has 0 unspecified atom stereocenters. The Balaban J connectivity index is 0.884. The van der Waals surface area contributed by atoms with Crippen LogP contribution < -0.4 is 26.2 Å². The molecule has 0 aliphatic carbocycles. The van der Waals surface area contributed by atoms with E-state index in [1.54, 1.807) is 0 Å². The molecule has 0 saturated heterocycles. The fourth-order valence-corrected chi connectivity index (χ4v) is 22.3. The predicted octanol–water partition coefficient (Wildman–Crippen LogP) is 33.8. The van der Waals surface area contributed by atoms with Crippen LogP contribution >= 0.6 is 0 Å². The minimum absolute atomic E-state index is 0.0784. The van der Waals surface area contributed by atoms with Crippen molar-refractivity contribution in [2.75, 3.05) is 9.80 Å². The molecule has 0 bridgehead atoms. The van der Waals surface area contributed by atoms with Gasteiger partial charge in [-0.1, -0.05) is 312 Å². The number of nitrogens with zero attached hydrogens (tertiary/aromatic N) is 6. The number of benzene rings is 16. The fraction of sp³-hybridized carbons (Fsp3) is 0.250. The molecule has 8 heteroatoms. The topological polar surface area (TPSA) is 39.3 Å². The number of anilines is 6. The molecule has 0 N–H and O–H groups in total. The number of furan rings is 1. The van der Waals surface area contributed by atoms with Crippen LogP contribution in [0.4, 0.5) is 34.1 Å². The number of aromatic nitrogens is 4. The average Bonchev–Trinajstić information content (AvgIpc) is 1.07. The van der Waals surface area contributed by atoms with Crippen LogP contribution in [0.15, 0.2) is 314 Å². The Morgan fingerprint density at radius 2 is 0.456 bits per heavy atom. The molecule has 0 fully saturated rings. The lowest BCUT2D eigenvalue weighted by Gasteiger charge is -2.44. The monoisotopic (exact) mass is 1770 g/mol. The summed E-state index contributed by atoms with van der Waals surface area (Å²) in [6.45, 7) is 55.8. The Labute approximate surface area is 801 Å². The van der Waals surface area contributed by atoms with Crippen LogP contribution in [0.25, 0.3) is 154 Å². The molecule has 0 spiro atoms. The number of para-hydroxylation sites is 2.